The molecule has 2 aliphatic rings. The van der Waals surface area contributed by atoms with E-state index in [1.807, 2.05) is 19.9 Å². The highest BCUT2D eigenvalue weighted by Gasteiger charge is 2.47. The van der Waals surface area contributed by atoms with Crippen LogP contribution in [0.4, 0.5) is 0 Å². The lowest BCUT2D eigenvalue weighted by Gasteiger charge is -2.42. The molecule has 0 aromatic heterocycles. The Kier molecular flexibility index (Phi) is 9.82. The van der Waals surface area contributed by atoms with Gasteiger partial charge in [-0.15, -0.1) is 0 Å². The van der Waals surface area contributed by atoms with Crippen molar-refractivity contribution in [2.24, 2.45) is 16.7 Å². The van der Waals surface area contributed by atoms with Crippen LogP contribution in [0.5, 0.6) is 0 Å². The van der Waals surface area contributed by atoms with Crippen molar-refractivity contribution >= 4 is 11.8 Å². The summed E-state index contributed by atoms with van der Waals surface area (Å²) in [5.74, 6) is 0.145. The first-order valence-electron chi connectivity index (χ1n) is 13.2. The van der Waals surface area contributed by atoms with Gasteiger partial charge in [0.25, 0.3) is 0 Å². The van der Waals surface area contributed by atoms with Crippen LogP contribution >= 0.6 is 0 Å². The number of carbonyl (C=O) groups excluding carboxylic acids is 2. The van der Waals surface area contributed by atoms with Crippen LogP contribution in [-0.2, 0) is 9.59 Å². The van der Waals surface area contributed by atoms with Gasteiger partial charge in [-0.05, 0) is 64.7 Å². The van der Waals surface area contributed by atoms with Gasteiger partial charge >= 0.3 is 0 Å². The molecule has 1 saturated heterocycles. The van der Waals surface area contributed by atoms with Crippen LogP contribution in [0.1, 0.15) is 86.5 Å². The Bertz CT molecular complexity index is 860. The van der Waals surface area contributed by atoms with Gasteiger partial charge in [0.15, 0.2) is 0 Å². The first-order valence-corrected chi connectivity index (χ1v) is 13.2. The molecule has 0 radical (unpaired) electrons. The van der Waals surface area contributed by atoms with E-state index in [-0.39, 0.29) is 17.2 Å². The van der Waals surface area contributed by atoms with Gasteiger partial charge < -0.3 is 20.9 Å². The normalized spacial score (nSPS) is 20.8. The molecule has 1 heterocycles. The maximum absolute atomic E-state index is 13.1. The van der Waals surface area contributed by atoms with Crippen molar-refractivity contribution in [1.82, 2.24) is 20.9 Å². The maximum Gasteiger partial charge on any atom is 0.246 e. The molecule has 2 unspecified atom stereocenters. The molecule has 3 N–H and O–H groups in total. The fourth-order valence-corrected chi connectivity index (χ4v) is 4.91. The molecule has 2 amide bonds. The van der Waals surface area contributed by atoms with E-state index in [1.165, 1.54) is 11.4 Å². The molecule has 0 spiro atoms. The molecule has 0 aromatic rings. The number of carbonyl (C=O) groups is 2. The van der Waals surface area contributed by atoms with Crippen LogP contribution in [0.15, 0.2) is 48.6 Å². The highest BCUT2D eigenvalue weighted by atomic mass is 16.2. The molecule has 2 fully saturated rings. The van der Waals surface area contributed by atoms with E-state index in [9.17, 15) is 9.59 Å². The summed E-state index contributed by atoms with van der Waals surface area (Å²) in [7, 11) is 0. The Labute approximate surface area is 213 Å². The zero-order chi connectivity index (χ0) is 26.4. The van der Waals surface area contributed by atoms with Crippen molar-refractivity contribution in [3.8, 4) is 0 Å². The number of allylic oxidation sites excluding steroid dienone is 4. The van der Waals surface area contributed by atoms with Crippen molar-refractivity contribution < 1.29 is 9.59 Å². The Hall–Kier alpha value is -2.50. The number of nitrogens with zero attached hydrogens (tertiary/aromatic N) is 1. The highest BCUT2D eigenvalue weighted by molar-refractivity contribution is 5.92. The quantitative estimate of drug-likeness (QED) is 0.326. The lowest BCUT2D eigenvalue weighted by molar-refractivity contribution is -0.136. The van der Waals surface area contributed by atoms with Crippen LogP contribution in [0.3, 0.4) is 0 Å². The summed E-state index contributed by atoms with van der Waals surface area (Å²) in [5, 5.41) is 9.10. The van der Waals surface area contributed by atoms with Crippen molar-refractivity contribution in [3.63, 3.8) is 0 Å². The number of hydrogen-bond donors (Lipinski definition) is 3. The number of likely N-dealkylation sites (tertiary alicyclic amines) is 1. The third-order valence-electron chi connectivity index (χ3n) is 7.73. The molecule has 2 atom stereocenters. The van der Waals surface area contributed by atoms with Gasteiger partial charge in [0.1, 0.15) is 6.04 Å². The fraction of sp³-hybridized carbons (Fsp3) is 0.655. The molecule has 6 nitrogen and oxygen atoms in total. The second-order valence-electron chi connectivity index (χ2n) is 11.4. The Balaban J connectivity index is 1.75. The van der Waals surface area contributed by atoms with Crippen molar-refractivity contribution in [2.45, 2.75) is 92.5 Å². The van der Waals surface area contributed by atoms with Crippen LogP contribution in [0, 0.1) is 16.7 Å². The van der Waals surface area contributed by atoms with Crippen molar-refractivity contribution in [2.75, 3.05) is 13.1 Å². The molecule has 0 aromatic carbocycles. The third-order valence-corrected chi connectivity index (χ3v) is 7.73. The highest BCUT2D eigenvalue weighted by Crippen LogP contribution is 2.46. The molecule has 0 bridgehead atoms. The summed E-state index contributed by atoms with van der Waals surface area (Å²) in [4.78, 5) is 27.7. The molecular weight excluding hydrogens is 436 g/mol. The smallest absolute Gasteiger partial charge is 0.246 e. The van der Waals surface area contributed by atoms with E-state index < -0.39 is 11.5 Å². The second-order valence-corrected chi connectivity index (χ2v) is 11.4. The van der Waals surface area contributed by atoms with E-state index in [0.29, 0.717) is 5.92 Å². The van der Waals surface area contributed by atoms with Crippen LogP contribution in [-0.4, -0.2) is 35.8 Å². The van der Waals surface area contributed by atoms with Crippen LogP contribution < -0.4 is 16.0 Å². The minimum absolute atomic E-state index is 0.110. The van der Waals surface area contributed by atoms with Gasteiger partial charge in [-0.1, -0.05) is 53.0 Å². The Morgan fingerprint density at radius 3 is 2.37 bits per heavy atom. The van der Waals surface area contributed by atoms with Gasteiger partial charge in [-0.3, -0.25) is 9.59 Å². The molecule has 2 rings (SSSR count). The summed E-state index contributed by atoms with van der Waals surface area (Å²) in [5.41, 5.74) is 3.52. The van der Waals surface area contributed by atoms with Gasteiger partial charge in [0.05, 0.1) is 5.41 Å². The fourth-order valence-electron chi connectivity index (χ4n) is 4.91. The molecule has 35 heavy (non-hydrogen) atoms. The van der Waals surface area contributed by atoms with Gasteiger partial charge in [0.2, 0.25) is 11.8 Å². The van der Waals surface area contributed by atoms with Gasteiger partial charge in [-0.2, -0.15) is 0 Å². The first kappa shape index (κ1) is 28.7. The van der Waals surface area contributed by atoms with E-state index in [1.54, 1.807) is 6.92 Å². The summed E-state index contributed by atoms with van der Waals surface area (Å²) >= 11 is 0. The Morgan fingerprint density at radius 1 is 1.20 bits per heavy atom. The number of nitrogens with one attached hydrogen (secondary N) is 3. The first-order chi connectivity index (χ1) is 16.3. The molecule has 6 heteroatoms. The molecule has 1 aliphatic heterocycles. The maximum atomic E-state index is 13.1. The monoisotopic (exact) mass is 484 g/mol. The third kappa shape index (κ3) is 7.02. The van der Waals surface area contributed by atoms with E-state index >= 15 is 0 Å². The minimum Gasteiger partial charge on any atom is -0.388 e. The van der Waals surface area contributed by atoms with E-state index in [4.69, 9.17) is 0 Å². The van der Waals surface area contributed by atoms with Crippen molar-refractivity contribution in [3.05, 3.63) is 48.6 Å². The van der Waals surface area contributed by atoms with E-state index in [2.05, 4.69) is 61.4 Å². The predicted octanol–water partition coefficient (Wildman–Crippen LogP) is 5.37. The summed E-state index contributed by atoms with van der Waals surface area (Å²) < 4.78 is 0. The lowest BCUT2D eigenvalue weighted by Crippen LogP contribution is -2.54. The minimum atomic E-state index is -0.614. The van der Waals surface area contributed by atoms with Crippen LogP contribution in [0.2, 0.25) is 0 Å². The molecule has 1 aliphatic carbocycles. The Morgan fingerprint density at radius 2 is 1.86 bits per heavy atom. The predicted molar refractivity (Wildman–Crippen MR) is 145 cm³/mol. The lowest BCUT2D eigenvalue weighted by atomic mass is 9.66. The summed E-state index contributed by atoms with van der Waals surface area (Å²) in [6.07, 6.45) is 8.52. The summed E-state index contributed by atoms with van der Waals surface area (Å²) in [6.45, 7) is 26.8. The average molecular weight is 485 g/mol. The molecule has 1 saturated carbocycles. The van der Waals surface area contributed by atoms with Gasteiger partial charge in [-0.25, -0.2) is 0 Å². The number of rotatable bonds is 12. The standard InChI is InChI=1S/C29H48N4O2/c1-10-20(2)31-26(34)22(4)32-27(35)29(15-14-16-29)24(6)30-17-12-11-13-18-33-21(3)19-25(23(33)5)28(7,8)9/h10,22,25,30H,3,5-6,11-19H2,1-2,4,7-9H3,(H,31,34)(H,32,35)/b20-10+. The molecular formula is C29H48N4O2. The number of unbranched alkanes of at least 4 members (excludes halogenated alkanes) is 2. The largest absolute Gasteiger partial charge is 0.388 e. The zero-order valence-corrected chi connectivity index (χ0v) is 23.0. The number of amides is 2. The van der Waals surface area contributed by atoms with Crippen molar-refractivity contribution in [1.29, 1.82) is 0 Å². The topological polar surface area (TPSA) is 73.5 Å². The van der Waals surface area contributed by atoms with Crippen LogP contribution in [0.25, 0.3) is 0 Å². The summed E-state index contributed by atoms with van der Waals surface area (Å²) in [6, 6.07) is -0.601. The SMILES string of the molecule is C=C1CC(C(C)(C)C)C(=C)N1CCCCCNC(=C)C1(C(=O)NC(C)C(=O)N/C(C)=C/C)CCC1. The van der Waals surface area contributed by atoms with E-state index in [0.717, 1.165) is 69.4 Å². The zero-order valence-electron chi connectivity index (χ0n) is 23.0. The molecule has 196 valence electrons. The number of hydrogen-bond acceptors (Lipinski definition) is 4. The average Bonchev–Trinajstić information content (AvgIpc) is 3.03. The van der Waals surface area contributed by atoms with Gasteiger partial charge in [0, 0.05) is 41.8 Å². The second kappa shape index (κ2) is 12.0.